The molecule has 7 heteroatoms. The normalized spacial score (nSPS) is 21.7. The fourth-order valence-electron chi connectivity index (χ4n) is 3.47. The number of nitrogens with zero attached hydrogens (tertiary/aromatic N) is 2. The maximum absolute atomic E-state index is 12.6. The van der Waals surface area contributed by atoms with Gasteiger partial charge in [0, 0.05) is 12.4 Å². The number of rotatable bonds is 2. The maximum atomic E-state index is 12.6. The lowest BCUT2D eigenvalue weighted by molar-refractivity contribution is -0.113. The average molecular weight is 330 g/mol. The second kappa shape index (κ2) is 5.88. The number of thioether (sulfide) groups is 1. The third-order valence-electron chi connectivity index (χ3n) is 4.54. The Morgan fingerprint density at radius 2 is 2.09 bits per heavy atom. The van der Waals surface area contributed by atoms with E-state index in [1.54, 1.807) is 12.4 Å². The third-order valence-corrected chi connectivity index (χ3v) is 5.81. The van der Waals surface area contributed by atoms with Crippen LogP contribution >= 0.6 is 11.8 Å². The van der Waals surface area contributed by atoms with E-state index in [0.717, 1.165) is 31.2 Å². The quantitative estimate of drug-likeness (QED) is 0.886. The Hall–Kier alpha value is -2.02. The van der Waals surface area contributed by atoms with Gasteiger partial charge in [-0.25, -0.2) is 0 Å². The Kier molecular flexibility index (Phi) is 3.72. The molecule has 1 aliphatic carbocycles. The Morgan fingerprint density at radius 1 is 1.26 bits per heavy atom. The number of carbonyl (C=O) groups is 1. The fraction of sp³-hybridized carbons (Fsp3) is 0.438. The van der Waals surface area contributed by atoms with E-state index >= 15 is 0 Å². The Morgan fingerprint density at radius 3 is 2.83 bits per heavy atom. The van der Waals surface area contributed by atoms with Crippen LogP contribution in [0.4, 0.5) is 5.82 Å². The van der Waals surface area contributed by atoms with Crippen molar-refractivity contribution >= 4 is 23.5 Å². The number of nitrogens with one attached hydrogen (secondary N) is 2. The van der Waals surface area contributed by atoms with E-state index in [4.69, 9.17) is 0 Å². The highest BCUT2D eigenvalue weighted by atomic mass is 32.2. The van der Waals surface area contributed by atoms with Gasteiger partial charge in [0.15, 0.2) is 0 Å². The van der Waals surface area contributed by atoms with Crippen molar-refractivity contribution in [3.63, 3.8) is 0 Å². The lowest BCUT2D eigenvalue weighted by Crippen LogP contribution is -2.18. The monoisotopic (exact) mass is 330 g/mol. The Balaban J connectivity index is 1.85. The largest absolute Gasteiger partial charge is 0.310 e. The molecule has 0 aromatic carbocycles. The van der Waals surface area contributed by atoms with Crippen LogP contribution in [0.1, 0.15) is 48.1 Å². The average Bonchev–Trinajstić information content (AvgIpc) is 3.14. The van der Waals surface area contributed by atoms with E-state index in [-0.39, 0.29) is 22.8 Å². The van der Waals surface area contributed by atoms with E-state index in [9.17, 15) is 9.59 Å². The molecule has 1 saturated carbocycles. The van der Waals surface area contributed by atoms with Crippen LogP contribution in [0.15, 0.2) is 29.3 Å². The van der Waals surface area contributed by atoms with Crippen LogP contribution in [0.2, 0.25) is 0 Å². The third kappa shape index (κ3) is 2.59. The van der Waals surface area contributed by atoms with Crippen LogP contribution in [-0.2, 0) is 4.79 Å². The minimum Gasteiger partial charge on any atom is -0.310 e. The molecule has 0 saturated heterocycles. The van der Waals surface area contributed by atoms with Gasteiger partial charge in [-0.05, 0) is 24.5 Å². The van der Waals surface area contributed by atoms with Crippen molar-refractivity contribution < 1.29 is 4.79 Å². The molecule has 23 heavy (non-hydrogen) atoms. The number of hydrogen-bond acceptors (Lipinski definition) is 4. The van der Waals surface area contributed by atoms with E-state index < -0.39 is 0 Å². The number of aromatic nitrogens is 3. The highest BCUT2D eigenvalue weighted by Crippen LogP contribution is 2.41. The van der Waals surface area contributed by atoms with Crippen molar-refractivity contribution in [1.29, 1.82) is 0 Å². The molecule has 1 fully saturated rings. The SMILES string of the molecule is O=C1CS[C@H](c2cccnc2)c2c(n(C3CCCC3)[nH]c2=O)N1. The molecule has 1 amide bonds. The first-order valence-electron chi connectivity index (χ1n) is 7.90. The lowest BCUT2D eigenvalue weighted by Gasteiger charge is -2.16. The zero-order chi connectivity index (χ0) is 15.8. The molecule has 4 rings (SSSR count). The summed E-state index contributed by atoms with van der Waals surface area (Å²) in [5.41, 5.74) is 1.47. The topological polar surface area (TPSA) is 79.8 Å². The van der Waals surface area contributed by atoms with Gasteiger partial charge < -0.3 is 5.32 Å². The van der Waals surface area contributed by atoms with Crippen molar-refractivity contribution in [2.45, 2.75) is 37.0 Å². The summed E-state index contributed by atoms with van der Waals surface area (Å²) >= 11 is 1.47. The summed E-state index contributed by atoms with van der Waals surface area (Å²) in [4.78, 5) is 28.9. The number of aromatic amines is 1. The molecule has 0 bridgehead atoms. The van der Waals surface area contributed by atoms with Gasteiger partial charge in [0.25, 0.3) is 5.56 Å². The summed E-state index contributed by atoms with van der Waals surface area (Å²) in [6.07, 6.45) is 7.88. The van der Waals surface area contributed by atoms with Gasteiger partial charge in [0.05, 0.1) is 22.6 Å². The molecule has 120 valence electrons. The number of carbonyl (C=O) groups excluding carboxylic acids is 1. The second-order valence-electron chi connectivity index (χ2n) is 6.04. The molecule has 3 heterocycles. The van der Waals surface area contributed by atoms with E-state index in [1.165, 1.54) is 11.8 Å². The maximum Gasteiger partial charge on any atom is 0.270 e. The first-order chi connectivity index (χ1) is 11.2. The summed E-state index contributed by atoms with van der Waals surface area (Å²) in [5.74, 6) is 0.914. The van der Waals surface area contributed by atoms with E-state index in [0.29, 0.717) is 17.1 Å². The van der Waals surface area contributed by atoms with Gasteiger partial charge in [-0.15, -0.1) is 11.8 Å². The predicted octanol–water partition coefficient (Wildman–Crippen LogP) is 2.46. The zero-order valence-electron chi connectivity index (χ0n) is 12.6. The summed E-state index contributed by atoms with van der Waals surface area (Å²) in [5, 5.41) is 5.72. The van der Waals surface area contributed by atoms with Crippen LogP contribution in [0, 0.1) is 0 Å². The van der Waals surface area contributed by atoms with Gasteiger partial charge >= 0.3 is 0 Å². The Bertz CT molecular complexity index is 777. The molecule has 0 spiro atoms. The fourth-order valence-corrected chi connectivity index (χ4v) is 4.58. The summed E-state index contributed by atoms with van der Waals surface area (Å²) < 4.78 is 1.89. The van der Waals surface area contributed by atoms with Gasteiger partial charge in [-0.3, -0.25) is 24.4 Å². The van der Waals surface area contributed by atoms with Crippen LogP contribution in [0.25, 0.3) is 0 Å². The number of pyridine rings is 1. The minimum atomic E-state index is -0.177. The summed E-state index contributed by atoms with van der Waals surface area (Å²) in [6.45, 7) is 0. The van der Waals surface area contributed by atoms with Crippen molar-refractivity contribution in [2.75, 3.05) is 11.1 Å². The molecular weight excluding hydrogens is 312 g/mol. The zero-order valence-corrected chi connectivity index (χ0v) is 13.4. The van der Waals surface area contributed by atoms with E-state index in [2.05, 4.69) is 15.4 Å². The number of hydrogen-bond donors (Lipinski definition) is 2. The summed E-state index contributed by atoms with van der Waals surface area (Å²) in [6, 6.07) is 4.08. The van der Waals surface area contributed by atoms with Crippen molar-refractivity contribution in [3.8, 4) is 0 Å². The molecule has 0 unspecified atom stereocenters. The van der Waals surface area contributed by atoms with Crippen LogP contribution in [-0.4, -0.2) is 26.4 Å². The molecule has 1 atom stereocenters. The van der Waals surface area contributed by atoms with Crippen LogP contribution < -0.4 is 10.9 Å². The molecule has 2 N–H and O–H groups in total. The molecule has 0 radical (unpaired) electrons. The molecule has 1 aliphatic heterocycles. The molecule has 2 aliphatic rings. The first-order valence-corrected chi connectivity index (χ1v) is 8.94. The predicted molar refractivity (Wildman–Crippen MR) is 89.7 cm³/mol. The van der Waals surface area contributed by atoms with Crippen molar-refractivity contribution in [2.24, 2.45) is 0 Å². The van der Waals surface area contributed by atoms with Crippen molar-refractivity contribution in [1.82, 2.24) is 14.8 Å². The number of amides is 1. The first kappa shape index (κ1) is 14.6. The number of fused-ring (bicyclic) bond motifs is 1. The summed E-state index contributed by atoms with van der Waals surface area (Å²) in [7, 11) is 0. The molecule has 2 aromatic heterocycles. The number of H-pyrrole nitrogens is 1. The standard InChI is InChI=1S/C16H18N4O2S/c21-12-9-23-14(10-4-3-7-17-8-10)13-15(18-12)20(19-16(13)22)11-5-1-2-6-11/h3-4,7-8,11,14H,1-2,5-6,9H2,(H,18,21)(H,19,22)/t14-/m1/s1. The van der Waals surface area contributed by atoms with Crippen LogP contribution in [0.5, 0.6) is 0 Å². The van der Waals surface area contributed by atoms with E-state index in [1.807, 2.05) is 16.8 Å². The van der Waals surface area contributed by atoms with Gasteiger partial charge in [-0.1, -0.05) is 18.9 Å². The number of anilines is 1. The Labute approximate surface area is 137 Å². The van der Waals surface area contributed by atoms with Gasteiger partial charge in [-0.2, -0.15) is 0 Å². The second-order valence-corrected chi connectivity index (χ2v) is 7.13. The minimum absolute atomic E-state index is 0.0617. The van der Waals surface area contributed by atoms with Crippen LogP contribution in [0.3, 0.4) is 0 Å². The lowest BCUT2D eigenvalue weighted by atomic mass is 10.1. The molecule has 6 nitrogen and oxygen atoms in total. The smallest absolute Gasteiger partial charge is 0.270 e. The highest BCUT2D eigenvalue weighted by Gasteiger charge is 2.32. The molecular formula is C16H18N4O2S. The van der Waals surface area contributed by atoms with Crippen molar-refractivity contribution in [3.05, 3.63) is 46.0 Å². The molecule has 2 aromatic rings. The highest BCUT2D eigenvalue weighted by molar-refractivity contribution is 8.00. The van der Waals surface area contributed by atoms with Gasteiger partial charge in [0.2, 0.25) is 5.91 Å². The van der Waals surface area contributed by atoms with Gasteiger partial charge in [0.1, 0.15) is 5.82 Å².